The summed E-state index contributed by atoms with van der Waals surface area (Å²) in [7, 11) is 2.19. The van der Waals surface area contributed by atoms with Crippen molar-refractivity contribution in [3.63, 3.8) is 0 Å². The normalized spacial score (nSPS) is 26.4. The van der Waals surface area contributed by atoms with Gasteiger partial charge in [0.25, 0.3) is 0 Å². The summed E-state index contributed by atoms with van der Waals surface area (Å²) in [5, 5.41) is 2.13. The molecule has 3 nitrogen and oxygen atoms in total. The number of aromatic nitrogens is 1. The Morgan fingerprint density at radius 2 is 2.39 bits per heavy atom. The molecule has 0 aromatic carbocycles. The zero-order valence-corrected chi connectivity index (χ0v) is 12.3. The summed E-state index contributed by atoms with van der Waals surface area (Å²) in [6, 6.07) is 0.509. The SMILES string of the molecule is CC1CCCC(C(CN)N(C)Cc2cscn2)C1. The van der Waals surface area contributed by atoms with Crippen LogP contribution < -0.4 is 5.73 Å². The highest BCUT2D eigenvalue weighted by atomic mass is 32.1. The van der Waals surface area contributed by atoms with Crippen molar-refractivity contribution < 1.29 is 0 Å². The molecule has 1 aliphatic carbocycles. The second-order valence-corrected chi connectivity index (χ2v) is 6.45. The quantitative estimate of drug-likeness (QED) is 0.892. The summed E-state index contributed by atoms with van der Waals surface area (Å²) in [5.41, 5.74) is 9.10. The molecule has 3 atom stereocenters. The van der Waals surface area contributed by atoms with Crippen molar-refractivity contribution in [2.75, 3.05) is 13.6 Å². The van der Waals surface area contributed by atoms with Crippen molar-refractivity contribution in [2.24, 2.45) is 17.6 Å². The number of rotatable bonds is 5. The molecule has 1 aliphatic rings. The lowest BCUT2D eigenvalue weighted by Gasteiger charge is -2.37. The van der Waals surface area contributed by atoms with Crippen LogP contribution in [0.2, 0.25) is 0 Å². The van der Waals surface area contributed by atoms with E-state index in [1.807, 2.05) is 5.51 Å². The maximum Gasteiger partial charge on any atom is 0.0795 e. The standard InChI is InChI=1S/C14H25N3S/c1-11-4-3-5-12(6-11)14(7-15)17(2)8-13-9-18-10-16-13/h9-12,14H,3-8,15H2,1-2H3. The third-order valence-corrected chi connectivity index (χ3v) is 4.86. The van der Waals surface area contributed by atoms with Crippen LogP contribution in [0.3, 0.4) is 0 Å². The Morgan fingerprint density at radius 1 is 1.56 bits per heavy atom. The van der Waals surface area contributed by atoms with Crippen LogP contribution in [-0.2, 0) is 6.54 Å². The Kier molecular flexibility index (Phi) is 5.15. The van der Waals surface area contributed by atoms with E-state index in [2.05, 4.69) is 29.2 Å². The third kappa shape index (κ3) is 3.53. The first kappa shape index (κ1) is 14.0. The zero-order valence-electron chi connectivity index (χ0n) is 11.5. The van der Waals surface area contributed by atoms with Crippen LogP contribution in [0.25, 0.3) is 0 Å². The van der Waals surface area contributed by atoms with Crippen LogP contribution in [0, 0.1) is 11.8 Å². The van der Waals surface area contributed by atoms with Crippen molar-refractivity contribution in [1.29, 1.82) is 0 Å². The average Bonchev–Trinajstić information content (AvgIpc) is 2.83. The molecule has 1 fully saturated rings. The van der Waals surface area contributed by atoms with Gasteiger partial charge in [0.15, 0.2) is 0 Å². The highest BCUT2D eigenvalue weighted by Gasteiger charge is 2.28. The van der Waals surface area contributed by atoms with Crippen LogP contribution >= 0.6 is 11.3 Å². The summed E-state index contributed by atoms with van der Waals surface area (Å²) >= 11 is 1.67. The molecule has 0 bridgehead atoms. The van der Waals surface area contributed by atoms with Gasteiger partial charge in [0, 0.05) is 24.5 Å². The van der Waals surface area contributed by atoms with Gasteiger partial charge in [0.1, 0.15) is 0 Å². The van der Waals surface area contributed by atoms with E-state index in [9.17, 15) is 0 Å². The third-order valence-electron chi connectivity index (χ3n) is 4.22. The minimum absolute atomic E-state index is 0.509. The van der Waals surface area contributed by atoms with Crippen LogP contribution in [0.4, 0.5) is 0 Å². The fraction of sp³-hybridized carbons (Fsp3) is 0.786. The van der Waals surface area contributed by atoms with Crippen LogP contribution in [0.5, 0.6) is 0 Å². The van der Waals surface area contributed by atoms with Gasteiger partial charge in [0.05, 0.1) is 11.2 Å². The Morgan fingerprint density at radius 3 is 3.00 bits per heavy atom. The molecule has 102 valence electrons. The van der Waals surface area contributed by atoms with Crippen molar-refractivity contribution in [2.45, 2.75) is 45.2 Å². The molecular formula is C14H25N3S. The van der Waals surface area contributed by atoms with E-state index in [4.69, 9.17) is 5.73 Å². The fourth-order valence-electron chi connectivity index (χ4n) is 3.25. The Hall–Kier alpha value is -0.450. The highest BCUT2D eigenvalue weighted by Crippen LogP contribution is 2.32. The minimum Gasteiger partial charge on any atom is -0.329 e. The summed E-state index contributed by atoms with van der Waals surface area (Å²) in [6.45, 7) is 4.06. The minimum atomic E-state index is 0.509. The van der Waals surface area contributed by atoms with E-state index in [0.717, 1.165) is 24.9 Å². The molecular weight excluding hydrogens is 242 g/mol. The van der Waals surface area contributed by atoms with Crippen LogP contribution in [0.1, 0.15) is 38.3 Å². The van der Waals surface area contributed by atoms with Gasteiger partial charge in [-0.15, -0.1) is 11.3 Å². The first-order chi connectivity index (χ1) is 8.70. The number of hydrogen-bond donors (Lipinski definition) is 1. The second-order valence-electron chi connectivity index (χ2n) is 5.73. The van der Waals surface area contributed by atoms with Crippen molar-refractivity contribution in [3.8, 4) is 0 Å². The molecule has 0 saturated heterocycles. The first-order valence-corrected chi connectivity index (χ1v) is 7.92. The molecule has 3 unspecified atom stereocenters. The predicted molar refractivity (Wildman–Crippen MR) is 77.5 cm³/mol. The summed E-state index contributed by atoms with van der Waals surface area (Å²) < 4.78 is 0. The van der Waals surface area contributed by atoms with Gasteiger partial charge in [-0.05, 0) is 31.7 Å². The van der Waals surface area contributed by atoms with E-state index < -0.39 is 0 Å². The van der Waals surface area contributed by atoms with Crippen LogP contribution in [0.15, 0.2) is 10.9 Å². The highest BCUT2D eigenvalue weighted by molar-refractivity contribution is 7.07. The first-order valence-electron chi connectivity index (χ1n) is 6.98. The van der Waals surface area contributed by atoms with Gasteiger partial charge in [-0.3, -0.25) is 4.90 Å². The van der Waals surface area contributed by atoms with Crippen molar-refractivity contribution in [1.82, 2.24) is 9.88 Å². The predicted octanol–water partition coefficient (Wildman–Crippen LogP) is 2.73. The largest absolute Gasteiger partial charge is 0.329 e. The van der Waals surface area contributed by atoms with Gasteiger partial charge in [-0.2, -0.15) is 0 Å². The van der Waals surface area contributed by atoms with E-state index in [-0.39, 0.29) is 0 Å². The Labute approximate surface area is 114 Å². The molecule has 1 aromatic heterocycles. The number of nitrogens with zero attached hydrogens (tertiary/aromatic N) is 2. The average molecular weight is 267 g/mol. The van der Waals surface area contributed by atoms with Crippen molar-refractivity contribution >= 4 is 11.3 Å². The lowest BCUT2D eigenvalue weighted by atomic mass is 9.78. The second kappa shape index (κ2) is 6.64. The van der Waals surface area contributed by atoms with Crippen molar-refractivity contribution in [3.05, 3.63) is 16.6 Å². The summed E-state index contributed by atoms with van der Waals surface area (Å²) in [4.78, 5) is 6.77. The molecule has 0 radical (unpaired) electrons. The van der Waals surface area contributed by atoms with E-state index >= 15 is 0 Å². The van der Waals surface area contributed by atoms with Crippen LogP contribution in [-0.4, -0.2) is 29.5 Å². The summed E-state index contributed by atoms with van der Waals surface area (Å²) in [6.07, 6.45) is 5.44. The van der Waals surface area contributed by atoms with E-state index in [0.29, 0.717) is 6.04 Å². The maximum atomic E-state index is 6.02. The smallest absolute Gasteiger partial charge is 0.0795 e. The van der Waals surface area contributed by atoms with Gasteiger partial charge in [0.2, 0.25) is 0 Å². The number of nitrogens with two attached hydrogens (primary N) is 1. The van der Waals surface area contributed by atoms with Gasteiger partial charge in [-0.25, -0.2) is 4.98 Å². The molecule has 1 aromatic rings. The molecule has 1 saturated carbocycles. The molecule has 2 N–H and O–H groups in total. The Bertz CT molecular complexity index is 339. The molecule has 0 amide bonds. The molecule has 18 heavy (non-hydrogen) atoms. The number of hydrogen-bond acceptors (Lipinski definition) is 4. The summed E-state index contributed by atoms with van der Waals surface area (Å²) in [5.74, 6) is 1.63. The molecule has 4 heteroatoms. The van der Waals surface area contributed by atoms with Gasteiger partial charge in [-0.1, -0.05) is 19.8 Å². The van der Waals surface area contributed by atoms with Gasteiger partial charge >= 0.3 is 0 Å². The topological polar surface area (TPSA) is 42.1 Å². The molecule has 2 rings (SSSR count). The number of thiazole rings is 1. The van der Waals surface area contributed by atoms with Gasteiger partial charge < -0.3 is 5.73 Å². The molecule has 1 heterocycles. The lowest BCUT2D eigenvalue weighted by molar-refractivity contribution is 0.124. The molecule has 0 spiro atoms. The monoisotopic (exact) mass is 267 g/mol. The van der Waals surface area contributed by atoms with E-state index in [1.165, 1.54) is 31.4 Å². The Balaban J connectivity index is 1.94. The zero-order chi connectivity index (χ0) is 13.0. The fourth-order valence-corrected chi connectivity index (χ4v) is 3.80. The number of likely N-dealkylation sites (N-methyl/N-ethyl adjacent to an activating group) is 1. The molecule has 0 aliphatic heterocycles. The van der Waals surface area contributed by atoms with E-state index in [1.54, 1.807) is 11.3 Å². The lowest BCUT2D eigenvalue weighted by Crippen LogP contribution is -2.44. The maximum absolute atomic E-state index is 6.02.